The van der Waals surface area contributed by atoms with Crippen molar-refractivity contribution in [3.05, 3.63) is 12.2 Å². The molecule has 0 heterocycles. The summed E-state index contributed by atoms with van der Waals surface area (Å²) in [5, 5.41) is 0. The van der Waals surface area contributed by atoms with Crippen LogP contribution in [0.2, 0.25) is 0 Å². The molecule has 0 N–H and O–H groups in total. The Labute approximate surface area is 156 Å². The van der Waals surface area contributed by atoms with Gasteiger partial charge in [-0.3, -0.25) is 0 Å². The maximum absolute atomic E-state index is 12.2. The van der Waals surface area contributed by atoms with Gasteiger partial charge in [0, 0.05) is 0 Å². The smallest absolute Gasteiger partial charge is 0.108 e. The molecule has 3 rings (SSSR count). The summed E-state index contributed by atoms with van der Waals surface area (Å²) in [6, 6.07) is 0. The van der Waals surface area contributed by atoms with E-state index in [4.69, 9.17) is 0 Å². The molecule has 0 aromatic carbocycles. The summed E-state index contributed by atoms with van der Waals surface area (Å²) in [4.78, 5) is 0. The largest absolute Gasteiger partial charge is 0.247 e. The Morgan fingerprint density at radius 3 is 1.40 bits per heavy atom. The van der Waals surface area contributed by atoms with Crippen molar-refractivity contribution < 1.29 is 4.39 Å². The van der Waals surface area contributed by atoms with Crippen LogP contribution in [0.15, 0.2) is 12.2 Å². The molecule has 1 heteroatoms. The molecule has 0 saturated heterocycles. The van der Waals surface area contributed by atoms with Crippen molar-refractivity contribution in [2.45, 2.75) is 96.8 Å². The molecule has 3 saturated carbocycles. The first-order chi connectivity index (χ1) is 12.3. The molecule has 144 valence electrons. The maximum atomic E-state index is 12.2. The summed E-state index contributed by atoms with van der Waals surface area (Å²) in [5.41, 5.74) is 0. The van der Waals surface area contributed by atoms with Crippen molar-refractivity contribution in [2.24, 2.45) is 35.5 Å². The van der Waals surface area contributed by atoms with E-state index in [-0.39, 0.29) is 6.67 Å². The van der Waals surface area contributed by atoms with Crippen LogP contribution < -0.4 is 0 Å². The summed E-state index contributed by atoms with van der Waals surface area (Å²) >= 11 is 0. The molecule has 0 unspecified atom stereocenters. The Morgan fingerprint density at radius 2 is 1.00 bits per heavy atom. The summed E-state index contributed by atoms with van der Waals surface area (Å²) in [5.74, 6) is 6.06. The molecule has 0 radical (unpaired) electrons. The van der Waals surface area contributed by atoms with Gasteiger partial charge in [0.25, 0.3) is 0 Å². The highest BCUT2D eigenvalue weighted by Gasteiger charge is 2.34. The monoisotopic (exact) mass is 348 g/mol. The van der Waals surface area contributed by atoms with Crippen LogP contribution in [0.5, 0.6) is 0 Å². The van der Waals surface area contributed by atoms with E-state index in [1.165, 1.54) is 83.5 Å². The zero-order valence-electron chi connectivity index (χ0n) is 16.6. The average Bonchev–Trinajstić information content (AvgIpc) is 2.69. The van der Waals surface area contributed by atoms with Gasteiger partial charge >= 0.3 is 0 Å². The van der Waals surface area contributed by atoms with Crippen molar-refractivity contribution in [3.63, 3.8) is 0 Å². The Morgan fingerprint density at radius 1 is 0.600 bits per heavy atom. The lowest BCUT2D eigenvalue weighted by atomic mass is 9.65. The van der Waals surface area contributed by atoms with E-state index >= 15 is 0 Å². The van der Waals surface area contributed by atoms with Crippen LogP contribution in [0.4, 0.5) is 4.39 Å². The van der Waals surface area contributed by atoms with Crippen molar-refractivity contribution in [3.8, 4) is 0 Å². The topological polar surface area (TPSA) is 0 Å². The first kappa shape index (κ1) is 19.4. The maximum Gasteiger partial charge on any atom is 0.108 e. The molecular formula is C24H41F. The van der Waals surface area contributed by atoms with Gasteiger partial charge in [-0.25, -0.2) is 4.39 Å². The summed E-state index contributed by atoms with van der Waals surface area (Å²) in [6.45, 7) is 2.08. The standard InChI is InChI=1S/C24H41F/c1-2-19-6-10-21(11-7-19)23-14-16-24(17-15-23)22-12-8-20(9-13-22)5-3-4-18-25/h3-4,19-24H,2,5-18H2,1H3/b4-3+. The fraction of sp³-hybridized carbons (Fsp3) is 0.917. The normalized spacial score (nSPS) is 40.4. The quantitative estimate of drug-likeness (QED) is 0.431. The molecule has 0 atom stereocenters. The van der Waals surface area contributed by atoms with Gasteiger partial charge in [0.2, 0.25) is 0 Å². The molecule has 25 heavy (non-hydrogen) atoms. The van der Waals surface area contributed by atoms with E-state index in [1.54, 1.807) is 6.08 Å². The van der Waals surface area contributed by atoms with Gasteiger partial charge in [-0.05, 0) is 106 Å². The first-order valence-corrected chi connectivity index (χ1v) is 11.5. The molecule has 0 aromatic rings. The van der Waals surface area contributed by atoms with Crippen LogP contribution in [0, 0.1) is 35.5 Å². The molecule has 3 fully saturated rings. The van der Waals surface area contributed by atoms with Gasteiger partial charge in [0.05, 0.1) is 0 Å². The lowest BCUT2D eigenvalue weighted by Gasteiger charge is -2.41. The predicted molar refractivity (Wildman–Crippen MR) is 106 cm³/mol. The van der Waals surface area contributed by atoms with Crippen LogP contribution in [0.1, 0.15) is 96.8 Å². The number of hydrogen-bond donors (Lipinski definition) is 0. The second-order valence-electron chi connectivity index (χ2n) is 9.51. The molecular weight excluding hydrogens is 307 g/mol. The van der Waals surface area contributed by atoms with Gasteiger partial charge < -0.3 is 0 Å². The third-order valence-corrected chi connectivity index (χ3v) is 8.24. The van der Waals surface area contributed by atoms with Crippen LogP contribution in [0.3, 0.4) is 0 Å². The van der Waals surface area contributed by atoms with Crippen LogP contribution in [0.25, 0.3) is 0 Å². The first-order valence-electron chi connectivity index (χ1n) is 11.5. The molecule has 0 spiro atoms. The number of rotatable bonds is 6. The summed E-state index contributed by atoms with van der Waals surface area (Å²) in [7, 11) is 0. The van der Waals surface area contributed by atoms with Crippen LogP contribution in [-0.2, 0) is 0 Å². The highest BCUT2D eigenvalue weighted by Crippen LogP contribution is 2.46. The SMILES string of the molecule is CCC1CCC(C2CCC(C3CCC(C/C=C/CF)CC3)CC2)CC1. The molecule has 0 aromatic heterocycles. The lowest BCUT2D eigenvalue weighted by molar-refractivity contribution is 0.104. The van der Waals surface area contributed by atoms with Gasteiger partial charge in [-0.1, -0.05) is 38.3 Å². The highest BCUT2D eigenvalue weighted by atomic mass is 19.1. The Kier molecular flexibility index (Phi) is 7.87. The van der Waals surface area contributed by atoms with Crippen LogP contribution >= 0.6 is 0 Å². The van der Waals surface area contributed by atoms with E-state index in [2.05, 4.69) is 13.0 Å². The minimum atomic E-state index is -0.293. The zero-order chi connectivity index (χ0) is 17.5. The molecule has 3 aliphatic carbocycles. The zero-order valence-corrected chi connectivity index (χ0v) is 16.6. The van der Waals surface area contributed by atoms with Crippen LogP contribution in [-0.4, -0.2) is 6.67 Å². The number of hydrogen-bond acceptors (Lipinski definition) is 0. The minimum Gasteiger partial charge on any atom is -0.247 e. The Hall–Kier alpha value is -0.330. The fourth-order valence-corrected chi connectivity index (χ4v) is 6.40. The average molecular weight is 349 g/mol. The molecule has 0 amide bonds. The molecule has 0 aliphatic heterocycles. The van der Waals surface area contributed by atoms with Gasteiger partial charge in [-0.2, -0.15) is 0 Å². The van der Waals surface area contributed by atoms with E-state index in [1.807, 2.05) is 0 Å². The third kappa shape index (κ3) is 5.57. The van der Waals surface area contributed by atoms with E-state index in [0.717, 1.165) is 41.9 Å². The summed E-state index contributed by atoms with van der Waals surface area (Å²) in [6.07, 6.45) is 24.2. The number of allylic oxidation sites excluding steroid dienone is 2. The second-order valence-corrected chi connectivity index (χ2v) is 9.51. The van der Waals surface area contributed by atoms with E-state index in [0.29, 0.717) is 0 Å². The predicted octanol–water partition coefficient (Wildman–Crippen LogP) is 7.73. The van der Waals surface area contributed by atoms with Crippen molar-refractivity contribution >= 4 is 0 Å². The van der Waals surface area contributed by atoms with Crippen molar-refractivity contribution in [1.82, 2.24) is 0 Å². The fourth-order valence-electron chi connectivity index (χ4n) is 6.40. The van der Waals surface area contributed by atoms with Crippen molar-refractivity contribution in [1.29, 1.82) is 0 Å². The molecule has 0 bridgehead atoms. The minimum absolute atomic E-state index is 0.293. The third-order valence-electron chi connectivity index (χ3n) is 8.24. The second kappa shape index (κ2) is 10.1. The number of alkyl halides is 1. The summed E-state index contributed by atoms with van der Waals surface area (Å²) < 4.78 is 12.2. The molecule has 3 aliphatic rings. The number of halogens is 1. The van der Waals surface area contributed by atoms with Gasteiger partial charge in [-0.15, -0.1) is 0 Å². The lowest BCUT2D eigenvalue weighted by Crippen LogP contribution is -2.29. The van der Waals surface area contributed by atoms with E-state index in [9.17, 15) is 4.39 Å². The van der Waals surface area contributed by atoms with Crippen molar-refractivity contribution in [2.75, 3.05) is 6.67 Å². The highest BCUT2D eigenvalue weighted by molar-refractivity contribution is 4.88. The van der Waals surface area contributed by atoms with E-state index < -0.39 is 0 Å². The Balaban J connectivity index is 1.35. The Bertz CT molecular complexity index is 377. The molecule has 0 nitrogen and oxygen atoms in total. The van der Waals surface area contributed by atoms with Gasteiger partial charge in [0.15, 0.2) is 0 Å². The van der Waals surface area contributed by atoms with Gasteiger partial charge in [0.1, 0.15) is 6.67 Å².